The molecule has 0 bridgehead atoms. The molecule has 4 nitrogen and oxygen atoms in total. The molecule has 3 heterocycles. The molecule has 1 aromatic heterocycles. The molecule has 2 aromatic rings. The van der Waals surface area contributed by atoms with Crippen molar-refractivity contribution in [2.24, 2.45) is 4.99 Å². The molecular formula is C15H18ClN3O. The highest BCUT2D eigenvalue weighted by molar-refractivity contribution is 6.06. The number of ether oxygens (including phenoxy) is 1. The van der Waals surface area contributed by atoms with Gasteiger partial charge in [-0.1, -0.05) is 0 Å². The van der Waals surface area contributed by atoms with Crippen molar-refractivity contribution in [1.29, 1.82) is 0 Å². The fourth-order valence-electron chi connectivity index (χ4n) is 3.28. The van der Waals surface area contributed by atoms with Gasteiger partial charge in [0.15, 0.2) is 0 Å². The second-order valence-corrected chi connectivity index (χ2v) is 5.24. The van der Waals surface area contributed by atoms with Crippen molar-refractivity contribution in [1.82, 2.24) is 9.47 Å². The Morgan fingerprint density at radius 2 is 2.10 bits per heavy atom. The molecule has 0 saturated carbocycles. The van der Waals surface area contributed by atoms with E-state index in [4.69, 9.17) is 9.73 Å². The van der Waals surface area contributed by atoms with Crippen LogP contribution < -0.4 is 4.74 Å². The van der Waals surface area contributed by atoms with E-state index in [9.17, 15) is 0 Å². The fraction of sp³-hybridized carbons (Fsp3) is 0.400. The van der Waals surface area contributed by atoms with Gasteiger partial charge < -0.3 is 14.2 Å². The molecule has 1 aromatic carbocycles. The molecule has 20 heavy (non-hydrogen) atoms. The maximum Gasteiger partial charge on any atom is 0.148 e. The van der Waals surface area contributed by atoms with Crippen LogP contribution in [0.25, 0.3) is 10.9 Å². The zero-order chi connectivity index (χ0) is 13.0. The summed E-state index contributed by atoms with van der Waals surface area (Å²) in [6.07, 6.45) is 1.03. The van der Waals surface area contributed by atoms with Crippen molar-refractivity contribution in [2.45, 2.75) is 13.0 Å². The third-order valence-electron chi connectivity index (χ3n) is 4.23. The number of halogens is 1. The highest BCUT2D eigenvalue weighted by atomic mass is 35.5. The van der Waals surface area contributed by atoms with Crippen molar-refractivity contribution < 1.29 is 4.74 Å². The predicted molar refractivity (Wildman–Crippen MR) is 83.5 cm³/mol. The zero-order valence-electron chi connectivity index (χ0n) is 11.7. The Hall–Kier alpha value is -1.68. The lowest BCUT2D eigenvalue weighted by atomic mass is 10.0. The van der Waals surface area contributed by atoms with Crippen molar-refractivity contribution >= 4 is 29.1 Å². The normalized spacial score (nSPS) is 16.5. The van der Waals surface area contributed by atoms with Gasteiger partial charge in [0.1, 0.15) is 11.6 Å². The maximum absolute atomic E-state index is 5.37. The van der Waals surface area contributed by atoms with Crippen LogP contribution in [0, 0.1) is 0 Å². The number of benzene rings is 1. The molecule has 2 aliphatic rings. The summed E-state index contributed by atoms with van der Waals surface area (Å²) in [5, 5.41) is 1.33. The smallest absolute Gasteiger partial charge is 0.148 e. The molecule has 0 N–H and O–H groups in total. The molecule has 0 unspecified atom stereocenters. The van der Waals surface area contributed by atoms with E-state index in [0.717, 1.165) is 37.6 Å². The Labute approximate surface area is 124 Å². The number of rotatable bonds is 1. The molecule has 5 heteroatoms. The van der Waals surface area contributed by atoms with Gasteiger partial charge in [-0.05, 0) is 30.2 Å². The lowest BCUT2D eigenvalue weighted by Gasteiger charge is -2.31. The molecule has 0 atom stereocenters. The lowest BCUT2D eigenvalue weighted by molar-refractivity contribution is 0.415. The van der Waals surface area contributed by atoms with Crippen molar-refractivity contribution in [3.8, 4) is 5.75 Å². The van der Waals surface area contributed by atoms with Gasteiger partial charge in [0.25, 0.3) is 0 Å². The second kappa shape index (κ2) is 4.70. The third-order valence-corrected chi connectivity index (χ3v) is 4.23. The van der Waals surface area contributed by atoms with E-state index in [1.165, 1.54) is 22.2 Å². The molecule has 0 radical (unpaired) electrons. The predicted octanol–water partition coefficient (Wildman–Crippen LogP) is 2.32. The number of nitrogens with zero attached hydrogens (tertiary/aromatic N) is 3. The van der Waals surface area contributed by atoms with Crippen LogP contribution in [0.3, 0.4) is 0 Å². The summed E-state index contributed by atoms with van der Waals surface area (Å²) in [6, 6.07) is 6.39. The van der Waals surface area contributed by atoms with Gasteiger partial charge >= 0.3 is 0 Å². The highest BCUT2D eigenvalue weighted by Crippen LogP contribution is 2.34. The van der Waals surface area contributed by atoms with Crippen molar-refractivity contribution in [2.75, 3.05) is 27.2 Å². The first-order chi connectivity index (χ1) is 9.29. The average molecular weight is 292 g/mol. The monoisotopic (exact) mass is 291 g/mol. The molecule has 0 saturated heterocycles. The summed E-state index contributed by atoms with van der Waals surface area (Å²) >= 11 is 0. The fourth-order valence-corrected chi connectivity index (χ4v) is 3.28. The lowest BCUT2D eigenvalue weighted by Crippen LogP contribution is -2.39. The highest BCUT2D eigenvalue weighted by Gasteiger charge is 2.29. The van der Waals surface area contributed by atoms with Crippen LogP contribution in [-0.2, 0) is 13.0 Å². The number of methoxy groups -OCH3 is 1. The molecular weight excluding hydrogens is 274 g/mol. The first-order valence-electron chi connectivity index (χ1n) is 6.74. The van der Waals surface area contributed by atoms with Crippen LogP contribution in [0.1, 0.15) is 11.3 Å². The summed E-state index contributed by atoms with van der Waals surface area (Å²) in [7, 11) is 3.86. The van der Waals surface area contributed by atoms with Gasteiger partial charge in [0.05, 0.1) is 12.8 Å². The van der Waals surface area contributed by atoms with Crippen molar-refractivity contribution in [3.05, 3.63) is 29.5 Å². The number of aromatic nitrogens is 1. The number of fused-ring (bicyclic) bond motifs is 3. The Morgan fingerprint density at radius 1 is 1.25 bits per heavy atom. The van der Waals surface area contributed by atoms with Crippen LogP contribution in [0.5, 0.6) is 5.75 Å². The van der Waals surface area contributed by atoms with Crippen LogP contribution in [0.4, 0.5) is 0 Å². The summed E-state index contributed by atoms with van der Waals surface area (Å²) in [5.74, 6) is 2.09. The van der Waals surface area contributed by atoms with Crippen LogP contribution in [0.15, 0.2) is 23.2 Å². The number of amidine groups is 1. The second-order valence-electron chi connectivity index (χ2n) is 5.24. The molecule has 0 spiro atoms. The minimum atomic E-state index is 0. The largest absolute Gasteiger partial charge is 0.497 e. The summed E-state index contributed by atoms with van der Waals surface area (Å²) in [4.78, 5) is 6.98. The van der Waals surface area contributed by atoms with E-state index in [1.54, 1.807) is 7.11 Å². The van der Waals surface area contributed by atoms with E-state index in [1.807, 2.05) is 6.07 Å². The van der Waals surface area contributed by atoms with E-state index >= 15 is 0 Å². The van der Waals surface area contributed by atoms with Gasteiger partial charge in [-0.15, -0.1) is 12.4 Å². The maximum atomic E-state index is 5.37. The number of hydrogen-bond donors (Lipinski definition) is 0. The quantitative estimate of drug-likeness (QED) is 0.807. The van der Waals surface area contributed by atoms with E-state index in [2.05, 4.69) is 28.6 Å². The minimum Gasteiger partial charge on any atom is -0.497 e. The standard InChI is InChI=1S/C15H17N3O.ClH/c1-17-7-8-18-13-4-3-10(19-2)9-12(13)11-5-6-16-15(17)14(11)18;/h3-4,9H,5-8H2,1-2H3;1H. The Bertz CT molecular complexity index is 705. The summed E-state index contributed by atoms with van der Waals surface area (Å²) in [6.45, 7) is 2.96. The Balaban J connectivity index is 0.00000121. The van der Waals surface area contributed by atoms with Crippen LogP contribution in [-0.4, -0.2) is 42.5 Å². The van der Waals surface area contributed by atoms with Gasteiger partial charge in [-0.3, -0.25) is 4.99 Å². The minimum absolute atomic E-state index is 0. The number of likely N-dealkylation sites (N-methyl/N-ethyl adjacent to an activating group) is 1. The zero-order valence-corrected chi connectivity index (χ0v) is 12.5. The van der Waals surface area contributed by atoms with Crippen molar-refractivity contribution in [3.63, 3.8) is 0 Å². The van der Waals surface area contributed by atoms with Gasteiger partial charge in [0, 0.05) is 37.6 Å². The first kappa shape index (κ1) is 13.3. The summed E-state index contributed by atoms with van der Waals surface area (Å²) < 4.78 is 7.79. The molecule has 106 valence electrons. The SMILES string of the molecule is COc1ccc2c(c1)c1c3n2CCN(C)C3=NCC1.Cl. The van der Waals surface area contributed by atoms with E-state index < -0.39 is 0 Å². The summed E-state index contributed by atoms with van der Waals surface area (Å²) in [5.41, 5.74) is 4.07. The average Bonchev–Trinajstić information content (AvgIpc) is 2.78. The molecule has 0 aliphatic carbocycles. The Morgan fingerprint density at radius 3 is 2.90 bits per heavy atom. The van der Waals surface area contributed by atoms with Gasteiger partial charge in [-0.25, -0.2) is 0 Å². The molecule has 0 fully saturated rings. The van der Waals surface area contributed by atoms with Gasteiger partial charge in [0.2, 0.25) is 0 Å². The van der Waals surface area contributed by atoms with Crippen LogP contribution in [0.2, 0.25) is 0 Å². The van der Waals surface area contributed by atoms with Crippen LogP contribution >= 0.6 is 12.4 Å². The van der Waals surface area contributed by atoms with E-state index in [0.29, 0.717) is 0 Å². The molecule has 4 rings (SSSR count). The molecule has 0 amide bonds. The number of hydrogen-bond acceptors (Lipinski definition) is 3. The Kier molecular flexibility index (Phi) is 3.13. The first-order valence-corrected chi connectivity index (χ1v) is 6.74. The topological polar surface area (TPSA) is 29.8 Å². The molecule has 2 aliphatic heterocycles. The van der Waals surface area contributed by atoms with E-state index in [-0.39, 0.29) is 12.4 Å². The third kappa shape index (κ3) is 1.64. The van der Waals surface area contributed by atoms with Gasteiger partial charge in [-0.2, -0.15) is 0 Å². The number of aliphatic imine (C=N–C) groups is 1.